The van der Waals surface area contributed by atoms with Gasteiger partial charge in [-0.15, -0.1) is 0 Å². The molecule has 1 aliphatic rings. The van der Waals surface area contributed by atoms with Crippen LogP contribution in [0.5, 0.6) is 0 Å². The second-order valence-electron chi connectivity index (χ2n) is 5.98. The fourth-order valence-corrected chi connectivity index (χ4v) is 2.71. The van der Waals surface area contributed by atoms with E-state index in [2.05, 4.69) is 16.0 Å². The van der Waals surface area contributed by atoms with Crippen molar-refractivity contribution in [2.45, 2.75) is 38.6 Å². The van der Waals surface area contributed by atoms with Gasteiger partial charge in [0.25, 0.3) is 5.91 Å². The minimum Gasteiger partial charge on any atom is -0.349 e. The lowest BCUT2D eigenvalue weighted by atomic mass is 10.1. The first-order chi connectivity index (χ1) is 10.6. The summed E-state index contributed by atoms with van der Waals surface area (Å²) in [7, 11) is 1.82. The molecule has 3 N–H and O–H groups in total. The Morgan fingerprint density at radius 1 is 1.18 bits per heavy atom. The van der Waals surface area contributed by atoms with Crippen molar-refractivity contribution in [3.8, 4) is 0 Å². The Hall–Kier alpha value is -1.88. The van der Waals surface area contributed by atoms with Gasteiger partial charge in [0, 0.05) is 29.8 Å². The van der Waals surface area contributed by atoms with Crippen molar-refractivity contribution in [3.05, 3.63) is 29.8 Å². The Bertz CT molecular complexity index is 507. The summed E-state index contributed by atoms with van der Waals surface area (Å²) < 4.78 is 0. The summed E-state index contributed by atoms with van der Waals surface area (Å²) in [6, 6.07) is 7.36. The van der Waals surface area contributed by atoms with Gasteiger partial charge in [-0.3, -0.25) is 9.59 Å². The standard InChI is InChI=1S/C17H25N3O2/c1-12(11-18-2)16(21)19-15-9-7-13(8-10-15)17(22)20-14-5-3-4-6-14/h7-10,12,14,18H,3-6,11H2,1-2H3,(H,19,21)(H,20,22). The van der Waals surface area contributed by atoms with Crippen LogP contribution in [0.2, 0.25) is 0 Å². The molecule has 1 aromatic rings. The van der Waals surface area contributed by atoms with E-state index in [4.69, 9.17) is 0 Å². The van der Waals surface area contributed by atoms with Gasteiger partial charge in [-0.25, -0.2) is 0 Å². The minimum absolute atomic E-state index is 0.0301. The van der Waals surface area contributed by atoms with Crippen LogP contribution >= 0.6 is 0 Å². The van der Waals surface area contributed by atoms with Crippen LogP contribution in [0.15, 0.2) is 24.3 Å². The largest absolute Gasteiger partial charge is 0.349 e. The zero-order valence-electron chi connectivity index (χ0n) is 13.3. The maximum Gasteiger partial charge on any atom is 0.251 e. The van der Waals surface area contributed by atoms with Crippen molar-refractivity contribution in [1.29, 1.82) is 0 Å². The van der Waals surface area contributed by atoms with E-state index in [0.29, 0.717) is 23.8 Å². The van der Waals surface area contributed by atoms with Crippen LogP contribution in [0.3, 0.4) is 0 Å². The highest BCUT2D eigenvalue weighted by Crippen LogP contribution is 2.18. The number of carbonyl (C=O) groups excluding carboxylic acids is 2. The Kier molecular flexibility index (Phi) is 5.95. The molecule has 1 saturated carbocycles. The number of hydrogen-bond donors (Lipinski definition) is 3. The van der Waals surface area contributed by atoms with Crippen molar-refractivity contribution in [1.82, 2.24) is 10.6 Å². The van der Waals surface area contributed by atoms with Gasteiger partial charge in [-0.05, 0) is 44.2 Å². The van der Waals surface area contributed by atoms with Crippen molar-refractivity contribution in [3.63, 3.8) is 0 Å². The maximum absolute atomic E-state index is 12.1. The summed E-state index contributed by atoms with van der Waals surface area (Å²) in [5.74, 6) is -0.166. The van der Waals surface area contributed by atoms with Crippen LogP contribution in [0.1, 0.15) is 43.0 Å². The molecular formula is C17H25N3O2. The van der Waals surface area contributed by atoms with Gasteiger partial charge in [0.1, 0.15) is 0 Å². The Labute approximate surface area is 131 Å². The summed E-state index contributed by atoms with van der Waals surface area (Å²) in [5, 5.41) is 8.89. The van der Waals surface area contributed by atoms with Crippen molar-refractivity contribution < 1.29 is 9.59 Å². The molecule has 0 aromatic heterocycles. The smallest absolute Gasteiger partial charge is 0.251 e. The molecule has 0 bridgehead atoms. The first kappa shape index (κ1) is 16.5. The third-order valence-electron chi connectivity index (χ3n) is 4.06. The minimum atomic E-state index is -0.102. The Balaban J connectivity index is 1.89. The van der Waals surface area contributed by atoms with Crippen LogP contribution in [0.4, 0.5) is 5.69 Å². The van der Waals surface area contributed by atoms with Crippen LogP contribution in [0.25, 0.3) is 0 Å². The van der Waals surface area contributed by atoms with E-state index in [9.17, 15) is 9.59 Å². The highest BCUT2D eigenvalue weighted by molar-refractivity contribution is 5.96. The molecule has 1 atom stereocenters. The molecule has 1 unspecified atom stereocenters. The van der Waals surface area contributed by atoms with Crippen molar-refractivity contribution >= 4 is 17.5 Å². The molecule has 0 heterocycles. The van der Waals surface area contributed by atoms with E-state index < -0.39 is 0 Å². The van der Waals surface area contributed by atoms with Gasteiger partial charge < -0.3 is 16.0 Å². The molecule has 2 amide bonds. The fourth-order valence-electron chi connectivity index (χ4n) is 2.71. The Morgan fingerprint density at radius 3 is 2.41 bits per heavy atom. The van der Waals surface area contributed by atoms with Crippen LogP contribution in [0, 0.1) is 5.92 Å². The lowest BCUT2D eigenvalue weighted by molar-refractivity contribution is -0.119. The Morgan fingerprint density at radius 2 is 1.82 bits per heavy atom. The highest BCUT2D eigenvalue weighted by Gasteiger charge is 2.18. The summed E-state index contributed by atoms with van der Waals surface area (Å²) in [6.45, 7) is 2.50. The number of amides is 2. The number of carbonyl (C=O) groups is 2. The molecule has 5 heteroatoms. The molecule has 5 nitrogen and oxygen atoms in total. The lowest BCUT2D eigenvalue weighted by Crippen LogP contribution is -2.32. The molecular weight excluding hydrogens is 278 g/mol. The van der Waals surface area contributed by atoms with Crippen LogP contribution in [-0.2, 0) is 4.79 Å². The van der Waals surface area contributed by atoms with Gasteiger partial charge >= 0.3 is 0 Å². The number of hydrogen-bond acceptors (Lipinski definition) is 3. The molecule has 1 fully saturated rings. The first-order valence-electron chi connectivity index (χ1n) is 7.96. The molecule has 0 aliphatic heterocycles. The summed E-state index contributed by atoms with van der Waals surface area (Å²) >= 11 is 0. The van der Waals surface area contributed by atoms with E-state index in [1.54, 1.807) is 24.3 Å². The highest BCUT2D eigenvalue weighted by atomic mass is 16.2. The molecule has 0 radical (unpaired) electrons. The fraction of sp³-hybridized carbons (Fsp3) is 0.529. The predicted octanol–water partition coefficient (Wildman–Crippen LogP) is 2.15. The molecule has 1 aromatic carbocycles. The molecule has 1 aliphatic carbocycles. The number of rotatable bonds is 6. The van der Waals surface area contributed by atoms with Gasteiger partial charge in [0.05, 0.1) is 0 Å². The van der Waals surface area contributed by atoms with Gasteiger partial charge in [0.2, 0.25) is 5.91 Å². The third-order valence-corrected chi connectivity index (χ3v) is 4.06. The number of benzene rings is 1. The van der Waals surface area contributed by atoms with Crippen molar-refractivity contribution in [2.75, 3.05) is 18.9 Å². The number of anilines is 1. The topological polar surface area (TPSA) is 70.2 Å². The molecule has 2 rings (SSSR count). The van der Waals surface area contributed by atoms with E-state index >= 15 is 0 Å². The van der Waals surface area contributed by atoms with Crippen LogP contribution in [-0.4, -0.2) is 31.4 Å². The summed E-state index contributed by atoms with van der Waals surface area (Å²) in [4.78, 5) is 24.0. The lowest BCUT2D eigenvalue weighted by Gasteiger charge is -2.13. The molecule has 0 spiro atoms. The normalized spacial score (nSPS) is 16.3. The van der Waals surface area contributed by atoms with E-state index in [-0.39, 0.29) is 17.7 Å². The van der Waals surface area contributed by atoms with Gasteiger partial charge in [-0.2, -0.15) is 0 Å². The summed E-state index contributed by atoms with van der Waals surface area (Å²) in [5.41, 5.74) is 1.35. The zero-order valence-corrected chi connectivity index (χ0v) is 13.3. The second kappa shape index (κ2) is 7.94. The average Bonchev–Trinajstić information content (AvgIpc) is 3.01. The van der Waals surface area contributed by atoms with Gasteiger partial charge in [-0.1, -0.05) is 19.8 Å². The third kappa shape index (κ3) is 4.56. The van der Waals surface area contributed by atoms with Crippen molar-refractivity contribution in [2.24, 2.45) is 5.92 Å². The van der Waals surface area contributed by atoms with Crippen LogP contribution < -0.4 is 16.0 Å². The van der Waals surface area contributed by atoms with E-state index in [1.165, 1.54) is 12.8 Å². The SMILES string of the molecule is CNCC(C)C(=O)Nc1ccc(C(=O)NC2CCCC2)cc1. The maximum atomic E-state index is 12.1. The quantitative estimate of drug-likeness (QED) is 0.754. The molecule has 0 saturated heterocycles. The molecule has 22 heavy (non-hydrogen) atoms. The summed E-state index contributed by atoms with van der Waals surface area (Å²) in [6.07, 6.45) is 4.54. The molecule has 120 valence electrons. The van der Waals surface area contributed by atoms with Gasteiger partial charge in [0.15, 0.2) is 0 Å². The average molecular weight is 303 g/mol. The zero-order chi connectivity index (χ0) is 15.9. The van der Waals surface area contributed by atoms with E-state index in [0.717, 1.165) is 12.8 Å². The monoisotopic (exact) mass is 303 g/mol. The first-order valence-corrected chi connectivity index (χ1v) is 7.96. The second-order valence-corrected chi connectivity index (χ2v) is 5.98. The number of nitrogens with one attached hydrogen (secondary N) is 3. The predicted molar refractivity (Wildman–Crippen MR) is 87.9 cm³/mol. The van der Waals surface area contributed by atoms with E-state index in [1.807, 2.05) is 14.0 Å².